The van der Waals surface area contributed by atoms with Crippen molar-refractivity contribution in [3.8, 4) is 11.5 Å². The van der Waals surface area contributed by atoms with Crippen LogP contribution in [0.25, 0.3) is 0 Å². The second-order valence-electron chi connectivity index (χ2n) is 7.38. The third-order valence-corrected chi connectivity index (χ3v) is 8.03. The van der Waals surface area contributed by atoms with Crippen molar-refractivity contribution >= 4 is 27.7 Å². The summed E-state index contributed by atoms with van der Waals surface area (Å²) in [6.45, 7) is 5.65. The van der Waals surface area contributed by atoms with E-state index in [1.807, 2.05) is 13.8 Å². The van der Waals surface area contributed by atoms with Gasteiger partial charge in [-0.25, -0.2) is 12.8 Å². The molecule has 0 saturated carbocycles. The summed E-state index contributed by atoms with van der Waals surface area (Å²) >= 11 is 1.46. The fraction of sp³-hybridized carbons (Fsp3) is 0.435. The SMILES string of the molecule is CCOc1ccc(S(=O)(=O)N2CCN(C(=O)CSCc3ccc(F)cc3)CC2)cc1OCC. The molecule has 1 aliphatic heterocycles. The van der Waals surface area contributed by atoms with E-state index in [9.17, 15) is 17.6 Å². The molecule has 0 N–H and O–H groups in total. The summed E-state index contributed by atoms with van der Waals surface area (Å²) in [6, 6.07) is 10.8. The molecule has 2 aromatic carbocycles. The molecule has 7 nitrogen and oxygen atoms in total. The minimum absolute atomic E-state index is 0.0288. The summed E-state index contributed by atoms with van der Waals surface area (Å²) in [6.07, 6.45) is 0. The zero-order valence-corrected chi connectivity index (χ0v) is 20.5. The average molecular weight is 497 g/mol. The normalized spacial score (nSPS) is 14.8. The number of hydrogen-bond acceptors (Lipinski definition) is 6. The Morgan fingerprint density at radius 2 is 1.61 bits per heavy atom. The van der Waals surface area contributed by atoms with Crippen LogP contribution in [0.4, 0.5) is 4.39 Å². The maximum Gasteiger partial charge on any atom is 0.243 e. The third kappa shape index (κ3) is 6.61. The van der Waals surface area contributed by atoms with Gasteiger partial charge in [0.1, 0.15) is 5.82 Å². The van der Waals surface area contributed by atoms with E-state index in [2.05, 4.69) is 0 Å². The van der Waals surface area contributed by atoms with Crippen LogP contribution in [0.15, 0.2) is 47.4 Å². The summed E-state index contributed by atoms with van der Waals surface area (Å²) in [7, 11) is -3.72. The Balaban J connectivity index is 1.55. The number of sulfonamides is 1. The molecule has 33 heavy (non-hydrogen) atoms. The van der Waals surface area contributed by atoms with Gasteiger partial charge in [0, 0.05) is 38.0 Å². The number of hydrogen-bond donors (Lipinski definition) is 0. The van der Waals surface area contributed by atoms with Gasteiger partial charge in [-0.15, -0.1) is 11.8 Å². The van der Waals surface area contributed by atoms with Crippen LogP contribution < -0.4 is 9.47 Å². The number of amides is 1. The molecule has 1 fully saturated rings. The molecule has 0 aromatic heterocycles. The van der Waals surface area contributed by atoms with Gasteiger partial charge in [-0.3, -0.25) is 4.79 Å². The largest absolute Gasteiger partial charge is 0.490 e. The molecule has 1 aliphatic rings. The van der Waals surface area contributed by atoms with Gasteiger partial charge in [-0.05, 0) is 43.7 Å². The van der Waals surface area contributed by atoms with Crippen molar-refractivity contribution in [3.63, 3.8) is 0 Å². The van der Waals surface area contributed by atoms with Crippen molar-refractivity contribution in [1.29, 1.82) is 0 Å². The molecule has 1 amide bonds. The number of carbonyl (C=O) groups excluding carboxylic acids is 1. The quantitative estimate of drug-likeness (QED) is 0.502. The predicted octanol–water partition coefficient (Wildman–Crippen LogP) is 3.39. The number of ether oxygens (including phenoxy) is 2. The first-order valence-electron chi connectivity index (χ1n) is 10.8. The summed E-state index contributed by atoms with van der Waals surface area (Å²) in [4.78, 5) is 14.4. The van der Waals surface area contributed by atoms with Crippen molar-refractivity contribution < 1.29 is 27.1 Å². The summed E-state index contributed by atoms with van der Waals surface area (Å²) in [5.41, 5.74) is 0.951. The van der Waals surface area contributed by atoms with Gasteiger partial charge < -0.3 is 14.4 Å². The van der Waals surface area contributed by atoms with E-state index in [-0.39, 0.29) is 29.7 Å². The maximum absolute atomic E-state index is 13.1. The predicted molar refractivity (Wildman–Crippen MR) is 127 cm³/mol. The number of piperazine rings is 1. The van der Waals surface area contributed by atoms with Gasteiger partial charge in [0.05, 0.1) is 23.9 Å². The lowest BCUT2D eigenvalue weighted by Gasteiger charge is -2.34. The number of thioether (sulfide) groups is 1. The molecular formula is C23H29FN2O5S2. The molecule has 2 aromatic rings. The van der Waals surface area contributed by atoms with Crippen LogP contribution in [-0.2, 0) is 20.6 Å². The second kappa shape index (κ2) is 11.7. The average Bonchev–Trinajstić information content (AvgIpc) is 2.81. The molecule has 0 radical (unpaired) electrons. The minimum atomic E-state index is -3.72. The minimum Gasteiger partial charge on any atom is -0.490 e. The summed E-state index contributed by atoms with van der Waals surface area (Å²) in [5, 5.41) is 0. The van der Waals surface area contributed by atoms with Gasteiger partial charge in [0.15, 0.2) is 11.5 Å². The summed E-state index contributed by atoms with van der Waals surface area (Å²) in [5.74, 6) is 1.49. The van der Waals surface area contributed by atoms with Gasteiger partial charge >= 0.3 is 0 Å². The molecule has 0 aliphatic carbocycles. The van der Waals surface area contributed by atoms with Gasteiger partial charge in [0.25, 0.3) is 0 Å². The van der Waals surface area contributed by atoms with E-state index >= 15 is 0 Å². The first kappa shape index (κ1) is 25.3. The lowest BCUT2D eigenvalue weighted by molar-refractivity contribution is -0.129. The monoisotopic (exact) mass is 496 g/mol. The first-order chi connectivity index (χ1) is 15.8. The van der Waals surface area contributed by atoms with Crippen LogP contribution in [0, 0.1) is 5.82 Å². The van der Waals surface area contributed by atoms with E-state index in [1.165, 1.54) is 40.3 Å². The van der Waals surface area contributed by atoms with Crippen LogP contribution in [0.1, 0.15) is 19.4 Å². The lowest BCUT2D eigenvalue weighted by Crippen LogP contribution is -2.50. The van der Waals surface area contributed by atoms with Crippen LogP contribution in [0.2, 0.25) is 0 Å². The molecule has 1 saturated heterocycles. The van der Waals surface area contributed by atoms with Crippen molar-refractivity contribution in [2.24, 2.45) is 0 Å². The van der Waals surface area contributed by atoms with Crippen LogP contribution in [0.5, 0.6) is 11.5 Å². The highest BCUT2D eigenvalue weighted by Gasteiger charge is 2.30. The molecule has 0 spiro atoms. The molecular weight excluding hydrogens is 467 g/mol. The number of halogens is 1. The topological polar surface area (TPSA) is 76.2 Å². The number of nitrogens with zero attached hydrogens (tertiary/aromatic N) is 2. The highest BCUT2D eigenvalue weighted by Crippen LogP contribution is 2.31. The van der Waals surface area contributed by atoms with Crippen molar-refractivity contribution in [2.45, 2.75) is 24.5 Å². The smallest absolute Gasteiger partial charge is 0.243 e. The highest BCUT2D eigenvalue weighted by atomic mass is 32.2. The zero-order valence-electron chi connectivity index (χ0n) is 18.8. The number of rotatable bonds is 10. The number of benzene rings is 2. The highest BCUT2D eigenvalue weighted by molar-refractivity contribution is 7.99. The van der Waals surface area contributed by atoms with Gasteiger partial charge in [-0.1, -0.05) is 12.1 Å². The first-order valence-corrected chi connectivity index (χ1v) is 13.4. The Hall–Kier alpha value is -2.30. The van der Waals surface area contributed by atoms with Crippen LogP contribution >= 0.6 is 11.8 Å². The Labute approximate surface area is 198 Å². The summed E-state index contributed by atoms with van der Waals surface area (Å²) < 4.78 is 51.7. The Morgan fingerprint density at radius 3 is 2.24 bits per heavy atom. The van der Waals surface area contributed by atoms with E-state index in [0.29, 0.717) is 49.3 Å². The zero-order chi connectivity index (χ0) is 23.8. The molecule has 1 heterocycles. The lowest BCUT2D eigenvalue weighted by atomic mass is 10.2. The Morgan fingerprint density at radius 1 is 0.970 bits per heavy atom. The molecule has 0 bridgehead atoms. The van der Waals surface area contributed by atoms with Crippen LogP contribution in [0.3, 0.4) is 0 Å². The fourth-order valence-corrected chi connectivity index (χ4v) is 5.77. The Kier molecular flexibility index (Phi) is 8.99. The van der Waals surface area contributed by atoms with Crippen molar-refractivity contribution in [2.75, 3.05) is 45.1 Å². The van der Waals surface area contributed by atoms with Gasteiger partial charge in [-0.2, -0.15) is 4.31 Å². The van der Waals surface area contributed by atoms with E-state index in [4.69, 9.17) is 9.47 Å². The number of carbonyl (C=O) groups is 1. The van der Waals surface area contributed by atoms with E-state index in [1.54, 1.807) is 23.1 Å². The van der Waals surface area contributed by atoms with Crippen molar-refractivity contribution in [1.82, 2.24) is 9.21 Å². The molecule has 180 valence electrons. The second-order valence-corrected chi connectivity index (χ2v) is 10.3. The van der Waals surface area contributed by atoms with E-state index in [0.717, 1.165) is 5.56 Å². The maximum atomic E-state index is 13.1. The van der Waals surface area contributed by atoms with Crippen LogP contribution in [-0.4, -0.2) is 68.7 Å². The molecule has 10 heteroatoms. The third-order valence-electron chi connectivity index (χ3n) is 5.15. The molecule has 3 rings (SSSR count). The van der Waals surface area contributed by atoms with Crippen molar-refractivity contribution in [3.05, 3.63) is 53.8 Å². The fourth-order valence-electron chi connectivity index (χ4n) is 3.45. The molecule has 0 atom stereocenters. The van der Waals surface area contributed by atoms with Gasteiger partial charge in [0.2, 0.25) is 15.9 Å². The van der Waals surface area contributed by atoms with E-state index < -0.39 is 10.0 Å². The molecule has 0 unspecified atom stereocenters. The Bertz CT molecular complexity index is 1040. The standard InChI is InChI=1S/C23H29FN2O5S2/c1-3-30-21-10-9-20(15-22(21)31-4-2)33(28,29)26-13-11-25(12-14-26)23(27)17-32-16-18-5-7-19(24)8-6-18/h5-10,15H,3-4,11-14,16-17H2,1-2H3.